The van der Waals surface area contributed by atoms with E-state index in [1.54, 1.807) is 18.2 Å². The third kappa shape index (κ3) is 4.25. The van der Waals surface area contributed by atoms with E-state index >= 15 is 0 Å². The van der Waals surface area contributed by atoms with Gasteiger partial charge in [0.1, 0.15) is 5.75 Å². The maximum atomic E-state index is 12.5. The lowest BCUT2D eigenvalue weighted by molar-refractivity contribution is -0.274. The van der Waals surface area contributed by atoms with E-state index in [0.717, 1.165) is 30.4 Å². The maximum absolute atomic E-state index is 12.5. The molecule has 1 nitrogen and oxygen atoms in total. The van der Waals surface area contributed by atoms with E-state index in [-0.39, 0.29) is 5.75 Å². The van der Waals surface area contributed by atoms with Gasteiger partial charge in [0.2, 0.25) is 0 Å². The number of halogens is 3. The average Bonchev–Trinajstić information content (AvgIpc) is 2.44. The predicted molar refractivity (Wildman–Crippen MR) is 77.2 cm³/mol. The zero-order chi connectivity index (χ0) is 15.3. The second-order valence-corrected chi connectivity index (χ2v) is 4.80. The number of hydrogen-bond donors (Lipinski definition) is 0. The highest BCUT2D eigenvalue weighted by Crippen LogP contribution is 2.35. The summed E-state index contributed by atoms with van der Waals surface area (Å²) in [4.78, 5) is 0. The van der Waals surface area contributed by atoms with Gasteiger partial charge in [0.15, 0.2) is 0 Å². The van der Waals surface area contributed by atoms with Gasteiger partial charge in [-0.05, 0) is 30.0 Å². The molecule has 2 aromatic rings. The van der Waals surface area contributed by atoms with Gasteiger partial charge in [-0.1, -0.05) is 55.8 Å². The van der Waals surface area contributed by atoms with Crippen molar-refractivity contribution in [3.05, 3.63) is 54.1 Å². The Morgan fingerprint density at radius 2 is 1.52 bits per heavy atom. The summed E-state index contributed by atoms with van der Waals surface area (Å²) in [5.41, 5.74) is 2.31. The minimum Gasteiger partial charge on any atom is -0.405 e. The lowest BCUT2D eigenvalue weighted by atomic mass is 9.96. The highest BCUT2D eigenvalue weighted by molar-refractivity contribution is 5.73. The molecule has 0 N–H and O–H groups in total. The predicted octanol–water partition coefficient (Wildman–Crippen LogP) is 5.59. The standard InChI is InChI=1S/C17H17F3O/c1-2-3-8-13-9-4-5-10-14(13)15-11-6-7-12-16(15)21-17(18,19)20/h4-7,9-12H,2-3,8H2,1H3. The second-order valence-electron chi connectivity index (χ2n) is 4.80. The van der Waals surface area contributed by atoms with Gasteiger partial charge in [-0.25, -0.2) is 0 Å². The molecule has 0 aliphatic rings. The number of ether oxygens (including phenoxy) is 1. The third-order valence-corrected chi connectivity index (χ3v) is 3.22. The van der Waals surface area contributed by atoms with Gasteiger partial charge in [0, 0.05) is 5.56 Å². The van der Waals surface area contributed by atoms with E-state index < -0.39 is 6.36 Å². The molecular weight excluding hydrogens is 277 g/mol. The summed E-state index contributed by atoms with van der Waals surface area (Å²) in [6.07, 6.45) is -1.81. The molecule has 0 aromatic heterocycles. The van der Waals surface area contributed by atoms with Gasteiger partial charge in [-0.3, -0.25) is 0 Å². The fourth-order valence-electron chi connectivity index (χ4n) is 2.27. The number of para-hydroxylation sites is 1. The average molecular weight is 294 g/mol. The van der Waals surface area contributed by atoms with E-state index in [1.165, 1.54) is 6.07 Å². The van der Waals surface area contributed by atoms with Crippen LogP contribution >= 0.6 is 0 Å². The van der Waals surface area contributed by atoms with E-state index in [9.17, 15) is 13.2 Å². The van der Waals surface area contributed by atoms with Crippen molar-refractivity contribution in [2.75, 3.05) is 0 Å². The molecule has 21 heavy (non-hydrogen) atoms. The molecule has 112 valence electrons. The maximum Gasteiger partial charge on any atom is 0.573 e. The smallest absolute Gasteiger partial charge is 0.405 e. The fraction of sp³-hybridized carbons (Fsp3) is 0.294. The van der Waals surface area contributed by atoms with Gasteiger partial charge in [-0.2, -0.15) is 0 Å². The Morgan fingerprint density at radius 1 is 0.905 bits per heavy atom. The highest BCUT2D eigenvalue weighted by atomic mass is 19.4. The molecule has 0 amide bonds. The Bertz CT molecular complexity index is 591. The fourth-order valence-corrected chi connectivity index (χ4v) is 2.27. The van der Waals surface area contributed by atoms with E-state index in [1.807, 2.05) is 24.3 Å². The third-order valence-electron chi connectivity index (χ3n) is 3.22. The molecule has 0 spiro atoms. The Balaban J connectivity index is 2.42. The van der Waals surface area contributed by atoms with Crippen LogP contribution in [0.3, 0.4) is 0 Å². The molecule has 2 aromatic carbocycles. The molecule has 0 saturated carbocycles. The summed E-state index contributed by atoms with van der Waals surface area (Å²) in [5.74, 6) is -0.158. The molecule has 0 saturated heterocycles. The van der Waals surface area contributed by atoms with Crippen molar-refractivity contribution < 1.29 is 17.9 Å². The molecular formula is C17H17F3O. The lowest BCUT2D eigenvalue weighted by Gasteiger charge is -2.15. The summed E-state index contributed by atoms with van der Waals surface area (Å²) in [6.45, 7) is 2.09. The largest absolute Gasteiger partial charge is 0.573 e. The van der Waals surface area contributed by atoms with Crippen molar-refractivity contribution in [2.45, 2.75) is 32.5 Å². The topological polar surface area (TPSA) is 9.23 Å². The normalized spacial score (nSPS) is 11.4. The number of hydrogen-bond acceptors (Lipinski definition) is 1. The van der Waals surface area contributed by atoms with Crippen LogP contribution < -0.4 is 4.74 Å². The van der Waals surface area contributed by atoms with Crippen LogP contribution in [0.25, 0.3) is 11.1 Å². The zero-order valence-electron chi connectivity index (χ0n) is 11.8. The van der Waals surface area contributed by atoms with Crippen LogP contribution in [0.4, 0.5) is 13.2 Å². The van der Waals surface area contributed by atoms with Gasteiger partial charge < -0.3 is 4.74 Å². The van der Waals surface area contributed by atoms with Crippen LogP contribution in [0.5, 0.6) is 5.75 Å². The van der Waals surface area contributed by atoms with Crippen molar-refractivity contribution in [3.8, 4) is 16.9 Å². The summed E-state index contributed by atoms with van der Waals surface area (Å²) in [6, 6.07) is 13.8. The highest BCUT2D eigenvalue weighted by Gasteiger charge is 2.32. The molecule has 0 bridgehead atoms. The Labute approximate surface area is 122 Å². The van der Waals surface area contributed by atoms with Crippen molar-refractivity contribution in [2.24, 2.45) is 0 Å². The Hall–Kier alpha value is -1.97. The molecule has 2 rings (SSSR count). The number of alkyl halides is 3. The summed E-state index contributed by atoms with van der Waals surface area (Å²) in [7, 11) is 0. The van der Waals surface area contributed by atoms with Crippen LogP contribution in [-0.2, 0) is 6.42 Å². The van der Waals surface area contributed by atoms with Gasteiger partial charge in [0.25, 0.3) is 0 Å². The Kier molecular flexibility index (Phi) is 4.89. The minimum atomic E-state index is -4.69. The number of rotatable bonds is 5. The first-order valence-corrected chi connectivity index (χ1v) is 6.94. The number of unbranched alkanes of at least 4 members (excludes halogenated alkanes) is 1. The first-order chi connectivity index (χ1) is 10.0. The number of benzene rings is 2. The summed E-state index contributed by atoms with van der Waals surface area (Å²) < 4.78 is 41.7. The van der Waals surface area contributed by atoms with Crippen LogP contribution in [-0.4, -0.2) is 6.36 Å². The SMILES string of the molecule is CCCCc1ccccc1-c1ccccc1OC(F)(F)F. The lowest BCUT2D eigenvalue weighted by Crippen LogP contribution is -2.17. The van der Waals surface area contributed by atoms with Gasteiger partial charge in [-0.15, -0.1) is 13.2 Å². The molecule has 4 heteroatoms. The summed E-state index contributed by atoms with van der Waals surface area (Å²) in [5, 5.41) is 0. The van der Waals surface area contributed by atoms with Gasteiger partial charge in [0.05, 0.1) is 0 Å². The van der Waals surface area contributed by atoms with Crippen LogP contribution in [0.2, 0.25) is 0 Å². The van der Waals surface area contributed by atoms with E-state index in [0.29, 0.717) is 5.56 Å². The van der Waals surface area contributed by atoms with Crippen molar-refractivity contribution in [3.63, 3.8) is 0 Å². The molecule has 0 aliphatic heterocycles. The van der Waals surface area contributed by atoms with Crippen LogP contribution in [0.15, 0.2) is 48.5 Å². The molecule has 0 fully saturated rings. The van der Waals surface area contributed by atoms with Crippen molar-refractivity contribution in [1.29, 1.82) is 0 Å². The second kappa shape index (κ2) is 6.66. The number of aryl methyl sites for hydroxylation is 1. The van der Waals surface area contributed by atoms with Crippen molar-refractivity contribution in [1.82, 2.24) is 0 Å². The van der Waals surface area contributed by atoms with E-state index in [4.69, 9.17) is 0 Å². The summed E-state index contributed by atoms with van der Waals surface area (Å²) >= 11 is 0. The quantitative estimate of drug-likeness (QED) is 0.698. The van der Waals surface area contributed by atoms with Gasteiger partial charge >= 0.3 is 6.36 Å². The van der Waals surface area contributed by atoms with E-state index in [2.05, 4.69) is 11.7 Å². The minimum absolute atomic E-state index is 0.158. The molecule has 0 unspecified atom stereocenters. The molecule has 0 aliphatic carbocycles. The van der Waals surface area contributed by atoms with Crippen LogP contribution in [0, 0.1) is 0 Å². The first-order valence-electron chi connectivity index (χ1n) is 6.94. The van der Waals surface area contributed by atoms with Crippen molar-refractivity contribution >= 4 is 0 Å². The molecule has 0 radical (unpaired) electrons. The van der Waals surface area contributed by atoms with Crippen LogP contribution in [0.1, 0.15) is 25.3 Å². The zero-order valence-corrected chi connectivity index (χ0v) is 11.8. The molecule has 0 heterocycles. The Morgan fingerprint density at radius 3 is 2.19 bits per heavy atom. The first kappa shape index (κ1) is 15.4. The monoisotopic (exact) mass is 294 g/mol. The molecule has 0 atom stereocenters.